The number of benzene rings is 2. The lowest BCUT2D eigenvalue weighted by atomic mass is 9.96. The first kappa shape index (κ1) is 40.8. The lowest BCUT2D eigenvalue weighted by Gasteiger charge is -2.43. The first-order valence-electron chi connectivity index (χ1n) is 15.4. The predicted molar refractivity (Wildman–Crippen MR) is 168 cm³/mol. The number of hydrogen-bond donors (Lipinski definition) is 6. The fraction of sp³-hybridized carbons (Fsp3) is 0.484. The van der Waals surface area contributed by atoms with Crippen LogP contribution in [0.15, 0.2) is 30.5 Å². The van der Waals surface area contributed by atoms with Crippen LogP contribution in [-0.2, 0) is 19.0 Å². The van der Waals surface area contributed by atoms with Crippen LogP contribution in [0.4, 0.5) is 22.0 Å². The quantitative estimate of drug-likeness (QED) is 0.0547. The van der Waals surface area contributed by atoms with Gasteiger partial charge in [0.2, 0.25) is 11.6 Å². The number of thioether (sulfide) groups is 1. The lowest BCUT2D eigenvalue weighted by molar-refractivity contribution is -0.193. The van der Waals surface area contributed by atoms with Crippen molar-refractivity contribution in [2.75, 3.05) is 26.1 Å². The molecule has 286 valence electrons. The van der Waals surface area contributed by atoms with Crippen LogP contribution in [0.2, 0.25) is 0 Å². The second kappa shape index (κ2) is 17.7. The number of aromatic nitrogens is 3. The maximum Gasteiger partial charge on any atom is 0.303 e. The van der Waals surface area contributed by atoms with Crippen molar-refractivity contribution in [2.45, 2.75) is 68.2 Å². The van der Waals surface area contributed by atoms with Gasteiger partial charge >= 0.3 is 5.97 Å². The molecule has 0 saturated carbocycles. The van der Waals surface area contributed by atoms with Gasteiger partial charge in [-0.25, -0.2) is 17.9 Å². The van der Waals surface area contributed by atoms with Crippen molar-refractivity contribution in [2.24, 2.45) is 0 Å². The summed E-state index contributed by atoms with van der Waals surface area (Å²) in [5, 5.41) is 61.5. The van der Waals surface area contributed by atoms with E-state index >= 15 is 0 Å². The molecule has 4 rings (SSSR count). The van der Waals surface area contributed by atoms with Crippen LogP contribution in [-0.4, -0.2) is 127 Å². The highest BCUT2D eigenvalue weighted by Crippen LogP contribution is 2.34. The van der Waals surface area contributed by atoms with Gasteiger partial charge in [0.15, 0.2) is 29.8 Å². The summed E-state index contributed by atoms with van der Waals surface area (Å²) in [6.45, 7) is 0.780. The van der Waals surface area contributed by atoms with Crippen LogP contribution in [0.5, 0.6) is 5.75 Å². The summed E-state index contributed by atoms with van der Waals surface area (Å²) in [5.41, 5.74) is -2.62. The van der Waals surface area contributed by atoms with E-state index in [4.69, 9.17) is 14.2 Å². The monoisotopic (exact) mass is 766 g/mol. The zero-order valence-corrected chi connectivity index (χ0v) is 28.3. The summed E-state index contributed by atoms with van der Waals surface area (Å²) in [7, 11) is 0.733. The van der Waals surface area contributed by atoms with E-state index in [1.54, 1.807) is 6.07 Å². The molecule has 0 spiro atoms. The van der Waals surface area contributed by atoms with Crippen molar-refractivity contribution in [3.05, 3.63) is 65.1 Å². The molecule has 1 aliphatic heterocycles. The van der Waals surface area contributed by atoms with Crippen molar-refractivity contribution in [1.82, 2.24) is 20.3 Å². The first-order valence-corrected chi connectivity index (χ1v) is 16.4. The maximum atomic E-state index is 14.7. The smallest absolute Gasteiger partial charge is 0.303 e. The Kier molecular flexibility index (Phi) is 13.9. The summed E-state index contributed by atoms with van der Waals surface area (Å²) >= 11 is 0.675. The van der Waals surface area contributed by atoms with Crippen molar-refractivity contribution in [1.29, 1.82) is 0 Å². The molecule has 1 amide bonds. The highest BCUT2D eigenvalue weighted by atomic mass is 32.2. The number of ether oxygens (including phenoxy) is 4. The van der Waals surface area contributed by atoms with E-state index in [0.29, 0.717) is 17.3 Å². The fourth-order valence-electron chi connectivity index (χ4n) is 5.34. The molecule has 1 fully saturated rings. The van der Waals surface area contributed by atoms with Crippen molar-refractivity contribution >= 4 is 23.6 Å². The molecule has 0 bridgehead atoms. The molecule has 1 aromatic heterocycles. The van der Waals surface area contributed by atoms with Crippen molar-refractivity contribution in [3.8, 4) is 17.0 Å². The Morgan fingerprint density at radius 3 is 2.33 bits per heavy atom. The third-order valence-electron chi connectivity index (χ3n) is 7.94. The Morgan fingerprint density at radius 1 is 1.08 bits per heavy atom. The van der Waals surface area contributed by atoms with E-state index in [0.717, 1.165) is 14.0 Å². The van der Waals surface area contributed by atoms with Gasteiger partial charge in [0.05, 0.1) is 38.6 Å². The number of aliphatic hydroxyl groups excluding tert-OH is 5. The zero-order valence-electron chi connectivity index (χ0n) is 27.5. The Bertz CT molecular complexity index is 1700. The van der Waals surface area contributed by atoms with Gasteiger partial charge < -0.3 is 49.8 Å². The van der Waals surface area contributed by atoms with E-state index in [2.05, 4.69) is 15.0 Å². The largest absolute Gasteiger partial charge is 0.491 e. The number of hydrogen-bond acceptors (Lipinski definition) is 14. The van der Waals surface area contributed by atoms with Crippen LogP contribution in [0.1, 0.15) is 30.2 Å². The van der Waals surface area contributed by atoms with Crippen LogP contribution in [0.25, 0.3) is 11.3 Å². The van der Waals surface area contributed by atoms with Gasteiger partial charge in [-0.1, -0.05) is 17.3 Å². The number of amides is 1. The molecular weight excluding hydrogens is 731 g/mol. The Morgan fingerprint density at radius 2 is 1.75 bits per heavy atom. The second-order valence-electron chi connectivity index (χ2n) is 11.4. The second-order valence-corrected chi connectivity index (χ2v) is 12.6. The summed E-state index contributed by atoms with van der Waals surface area (Å²) in [6.07, 6.45) is -8.53. The number of methoxy groups -OCH3 is 1. The van der Waals surface area contributed by atoms with Gasteiger partial charge in [0.25, 0.3) is 5.91 Å². The van der Waals surface area contributed by atoms with E-state index in [9.17, 15) is 57.1 Å². The van der Waals surface area contributed by atoms with E-state index in [-0.39, 0.29) is 11.4 Å². The molecule has 2 aromatic carbocycles. The Labute approximate surface area is 296 Å². The summed E-state index contributed by atoms with van der Waals surface area (Å²) in [5.74, 6) is -13.2. The van der Waals surface area contributed by atoms with E-state index in [1.165, 1.54) is 36.0 Å². The molecule has 2 heterocycles. The fourth-order valence-corrected chi connectivity index (χ4v) is 6.57. The molecule has 3 aromatic rings. The minimum absolute atomic E-state index is 0.246. The predicted octanol–water partition coefficient (Wildman–Crippen LogP) is 0.809. The highest BCUT2D eigenvalue weighted by Gasteiger charge is 2.47. The number of aliphatic hydroxyl groups is 5. The average Bonchev–Trinajstić information content (AvgIpc) is 3.61. The van der Waals surface area contributed by atoms with Crippen LogP contribution < -0.4 is 10.1 Å². The third-order valence-corrected chi connectivity index (χ3v) is 9.18. The van der Waals surface area contributed by atoms with Crippen molar-refractivity contribution in [3.63, 3.8) is 0 Å². The molecule has 6 N–H and O–H groups in total. The average molecular weight is 767 g/mol. The number of nitrogens with one attached hydrogen (secondary N) is 1. The Hall–Kier alpha value is -3.96. The van der Waals surface area contributed by atoms with Crippen LogP contribution >= 0.6 is 11.8 Å². The number of carbonyl (C=O) groups excluding carboxylic acids is 2. The lowest BCUT2D eigenvalue weighted by Crippen LogP contribution is -2.64. The third kappa shape index (κ3) is 8.97. The minimum atomic E-state index is -2.13. The van der Waals surface area contributed by atoms with Gasteiger partial charge in [-0.2, -0.15) is 8.78 Å². The van der Waals surface area contributed by atoms with E-state index in [1.807, 2.05) is 5.32 Å². The van der Waals surface area contributed by atoms with Gasteiger partial charge in [0.1, 0.15) is 46.9 Å². The first-order chi connectivity index (χ1) is 24.6. The standard InChI is InChI=1S/C31H35F5N4O11S/c1-12(40-8-16(38-39-40)14-5-4-6-15(32)7-14)28(49-13(2)43)18(50-19(44)10-42)11-52-31-27(46)25(26(45)17(9-41)51-31)37-30(47)20-21(33)23(35)29(48-3)24(36)22(20)34/h4-8,12,17-19,25-28,31,41-42,44-46H,9-11H2,1-3H3,(H,37,47)/t12?,17?,18-,19+,25?,26-,27?,28+,31-/m0/s1. The number of nitrogens with zero attached hydrogens (tertiary/aromatic N) is 3. The molecule has 0 aliphatic carbocycles. The van der Waals surface area contributed by atoms with Gasteiger partial charge in [-0.15, -0.1) is 16.9 Å². The summed E-state index contributed by atoms with van der Waals surface area (Å²) in [4.78, 5) is 25.2. The van der Waals surface area contributed by atoms with Gasteiger partial charge in [-0.05, 0) is 19.1 Å². The van der Waals surface area contributed by atoms with Crippen LogP contribution in [0, 0.1) is 29.1 Å². The summed E-state index contributed by atoms with van der Waals surface area (Å²) in [6, 6.07) is 2.68. The number of esters is 1. The molecule has 21 heteroatoms. The molecule has 1 saturated heterocycles. The highest BCUT2D eigenvalue weighted by molar-refractivity contribution is 7.99. The zero-order chi connectivity index (χ0) is 38.4. The van der Waals surface area contributed by atoms with Crippen molar-refractivity contribution < 1.29 is 76.0 Å². The van der Waals surface area contributed by atoms with Gasteiger partial charge in [0, 0.05) is 18.2 Å². The topological polar surface area (TPSA) is 215 Å². The maximum absolute atomic E-state index is 14.7. The molecular formula is C31H35F5N4O11S. The molecule has 52 heavy (non-hydrogen) atoms. The SMILES string of the molecule is COc1c(F)c(F)c(C(=O)NC2C(O)[C@H](SC[C@H](O[C@@H](O)CO)[C@H](OC(C)=O)C(C)n3cc(-c4cccc(F)c4)nn3)OC(CO)[C@@H]2O)c(F)c1F. The normalized spacial score (nSPS) is 22.7. The minimum Gasteiger partial charge on any atom is -0.491 e. The summed E-state index contributed by atoms with van der Waals surface area (Å²) < 4.78 is 94.1. The molecule has 4 unspecified atom stereocenters. The van der Waals surface area contributed by atoms with Gasteiger partial charge in [-0.3, -0.25) is 9.59 Å². The number of rotatable bonds is 15. The van der Waals surface area contributed by atoms with E-state index < -0.39 is 120 Å². The molecule has 15 nitrogen and oxygen atoms in total. The molecule has 9 atom stereocenters. The molecule has 0 radical (unpaired) electrons. The number of halogens is 5. The Balaban J connectivity index is 1.60. The van der Waals surface area contributed by atoms with Crippen LogP contribution in [0.3, 0.4) is 0 Å². The molecule has 1 aliphatic rings. The number of carbonyl (C=O) groups is 2.